The van der Waals surface area contributed by atoms with Crippen molar-refractivity contribution in [3.63, 3.8) is 0 Å². The summed E-state index contributed by atoms with van der Waals surface area (Å²) < 4.78 is 12.8. The summed E-state index contributed by atoms with van der Waals surface area (Å²) in [6, 6.07) is 10.3. The predicted octanol–water partition coefficient (Wildman–Crippen LogP) is 3.01. The summed E-state index contributed by atoms with van der Waals surface area (Å²) in [5, 5.41) is 11.7. The molecule has 0 heterocycles. The molecule has 0 aromatic heterocycles. The van der Waals surface area contributed by atoms with Gasteiger partial charge in [0.05, 0.1) is 12.0 Å². The number of hydrogen-bond donors (Lipinski definition) is 2. The maximum Gasteiger partial charge on any atom is 0.336 e. The second kappa shape index (κ2) is 6.17. The second-order valence-corrected chi connectivity index (χ2v) is 4.69. The fourth-order valence-electron chi connectivity index (χ4n) is 1.92. The average Bonchev–Trinajstić information content (AvgIpc) is 2.43. The Bertz CT molecular complexity index is 680. The number of aromatic carboxylic acids is 1. The molecule has 2 aromatic rings. The molecule has 0 fully saturated rings. The molecule has 108 valence electrons. The zero-order valence-electron chi connectivity index (χ0n) is 11.4. The van der Waals surface area contributed by atoms with Crippen molar-refractivity contribution in [3.8, 4) is 0 Å². The van der Waals surface area contributed by atoms with E-state index in [2.05, 4.69) is 5.32 Å². The van der Waals surface area contributed by atoms with Crippen molar-refractivity contribution in [1.29, 1.82) is 0 Å². The van der Waals surface area contributed by atoms with Crippen LogP contribution in [-0.4, -0.2) is 17.0 Å². The number of benzene rings is 2. The Morgan fingerprint density at radius 2 is 1.81 bits per heavy atom. The first-order chi connectivity index (χ1) is 9.95. The number of carbonyl (C=O) groups is 2. The van der Waals surface area contributed by atoms with Gasteiger partial charge in [-0.2, -0.15) is 0 Å². The number of hydrogen-bond acceptors (Lipinski definition) is 2. The van der Waals surface area contributed by atoms with Crippen molar-refractivity contribution in [2.75, 3.05) is 5.32 Å². The van der Waals surface area contributed by atoms with E-state index in [0.717, 1.165) is 0 Å². The number of halogens is 1. The third kappa shape index (κ3) is 3.89. The summed E-state index contributed by atoms with van der Waals surface area (Å²) in [6.45, 7) is 1.69. The standard InChI is InChI=1S/C16H14FNO3/c1-10-2-7-13(9-14(10)16(20)21)18-15(19)8-11-3-5-12(17)6-4-11/h2-7,9H,8H2,1H3,(H,18,19)(H,20,21). The highest BCUT2D eigenvalue weighted by atomic mass is 19.1. The van der Waals surface area contributed by atoms with E-state index in [0.29, 0.717) is 16.8 Å². The first kappa shape index (κ1) is 14.7. The Morgan fingerprint density at radius 1 is 1.14 bits per heavy atom. The van der Waals surface area contributed by atoms with E-state index < -0.39 is 5.97 Å². The lowest BCUT2D eigenvalue weighted by atomic mass is 10.1. The molecule has 21 heavy (non-hydrogen) atoms. The number of aryl methyl sites for hydroxylation is 1. The van der Waals surface area contributed by atoms with Crippen LogP contribution in [-0.2, 0) is 11.2 Å². The molecule has 2 N–H and O–H groups in total. The fraction of sp³-hybridized carbons (Fsp3) is 0.125. The molecule has 5 heteroatoms. The van der Waals surface area contributed by atoms with Crippen LogP contribution in [0.15, 0.2) is 42.5 Å². The molecule has 0 radical (unpaired) electrons. The second-order valence-electron chi connectivity index (χ2n) is 4.69. The first-order valence-corrected chi connectivity index (χ1v) is 6.34. The van der Waals surface area contributed by atoms with Crippen LogP contribution in [0.25, 0.3) is 0 Å². The zero-order valence-corrected chi connectivity index (χ0v) is 11.4. The van der Waals surface area contributed by atoms with Gasteiger partial charge >= 0.3 is 5.97 Å². The Balaban J connectivity index is 2.07. The zero-order chi connectivity index (χ0) is 15.4. The molecule has 0 unspecified atom stereocenters. The van der Waals surface area contributed by atoms with Gasteiger partial charge in [0.1, 0.15) is 5.82 Å². The number of carbonyl (C=O) groups excluding carboxylic acids is 1. The quantitative estimate of drug-likeness (QED) is 0.908. The van der Waals surface area contributed by atoms with E-state index in [-0.39, 0.29) is 23.7 Å². The topological polar surface area (TPSA) is 66.4 Å². The van der Waals surface area contributed by atoms with Gasteiger partial charge in [-0.05, 0) is 42.3 Å². The molecule has 0 bridgehead atoms. The van der Waals surface area contributed by atoms with Gasteiger partial charge in [0.15, 0.2) is 0 Å². The minimum atomic E-state index is -1.04. The number of anilines is 1. The van der Waals surface area contributed by atoms with Crippen molar-refractivity contribution in [2.24, 2.45) is 0 Å². The molecule has 2 aromatic carbocycles. The van der Waals surface area contributed by atoms with Gasteiger partial charge in [0.25, 0.3) is 0 Å². The minimum Gasteiger partial charge on any atom is -0.478 e. The summed E-state index contributed by atoms with van der Waals surface area (Å²) in [6.07, 6.45) is 0.0938. The van der Waals surface area contributed by atoms with Gasteiger partial charge in [-0.3, -0.25) is 4.79 Å². The summed E-state index contributed by atoms with van der Waals surface area (Å²) in [4.78, 5) is 22.9. The summed E-state index contributed by atoms with van der Waals surface area (Å²) in [5.74, 6) is -1.69. The summed E-state index contributed by atoms with van der Waals surface area (Å²) >= 11 is 0. The molecule has 2 rings (SSSR count). The normalized spacial score (nSPS) is 10.2. The van der Waals surface area contributed by atoms with Crippen LogP contribution in [0.4, 0.5) is 10.1 Å². The van der Waals surface area contributed by atoms with Crippen LogP contribution in [0.3, 0.4) is 0 Å². The van der Waals surface area contributed by atoms with E-state index in [1.165, 1.54) is 30.3 Å². The van der Waals surface area contributed by atoms with Crippen LogP contribution in [0.5, 0.6) is 0 Å². The molecule has 0 aliphatic rings. The van der Waals surface area contributed by atoms with Gasteiger partial charge < -0.3 is 10.4 Å². The van der Waals surface area contributed by atoms with Crippen molar-refractivity contribution < 1.29 is 19.1 Å². The number of rotatable bonds is 4. The molecule has 0 atom stereocenters. The number of carboxylic acids is 1. The van der Waals surface area contributed by atoms with Crippen LogP contribution in [0.2, 0.25) is 0 Å². The Labute approximate surface area is 121 Å². The van der Waals surface area contributed by atoms with Gasteiger partial charge in [0, 0.05) is 5.69 Å². The lowest BCUT2D eigenvalue weighted by Crippen LogP contribution is -2.15. The molecule has 4 nitrogen and oxygen atoms in total. The largest absolute Gasteiger partial charge is 0.478 e. The molecule has 0 spiro atoms. The fourth-order valence-corrected chi connectivity index (χ4v) is 1.92. The minimum absolute atomic E-state index is 0.0938. The molecule has 0 saturated carbocycles. The molecule has 0 saturated heterocycles. The van der Waals surface area contributed by atoms with Crippen molar-refractivity contribution in [2.45, 2.75) is 13.3 Å². The van der Waals surface area contributed by atoms with Gasteiger partial charge in [-0.15, -0.1) is 0 Å². The Morgan fingerprint density at radius 3 is 2.43 bits per heavy atom. The van der Waals surface area contributed by atoms with Crippen molar-refractivity contribution in [3.05, 3.63) is 65.0 Å². The molecule has 1 amide bonds. The highest BCUT2D eigenvalue weighted by molar-refractivity contribution is 5.95. The average molecular weight is 287 g/mol. The molecular formula is C16H14FNO3. The smallest absolute Gasteiger partial charge is 0.336 e. The lowest BCUT2D eigenvalue weighted by Gasteiger charge is -2.08. The van der Waals surface area contributed by atoms with Crippen LogP contribution < -0.4 is 5.32 Å². The summed E-state index contributed by atoms with van der Waals surface area (Å²) in [5.41, 5.74) is 1.87. The maximum atomic E-state index is 12.8. The number of amides is 1. The Hall–Kier alpha value is -2.69. The summed E-state index contributed by atoms with van der Waals surface area (Å²) in [7, 11) is 0. The number of carboxylic acid groups (broad SMARTS) is 1. The maximum absolute atomic E-state index is 12.8. The van der Waals surface area contributed by atoms with Crippen LogP contribution >= 0.6 is 0 Å². The number of nitrogens with one attached hydrogen (secondary N) is 1. The highest BCUT2D eigenvalue weighted by Gasteiger charge is 2.10. The lowest BCUT2D eigenvalue weighted by molar-refractivity contribution is -0.115. The van der Waals surface area contributed by atoms with E-state index in [4.69, 9.17) is 5.11 Å². The van der Waals surface area contributed by atoms with E-state index >= 15 is 0 Å². The van der Waals surface area contributed by atoms with Gasteiger partial charge in [-0.1, -0.05) is 18.2 Å². The molecule has 0 aliphatic carbocycles. The predicted molar refractivity (Wildman–Crippen MR) is 76.9 cm³/mol. The van der Waals surface area contributed by atoms with Crippen LogP contribution in [0.1, 0.15) is 21.5 Å². The van der Waals surface area contributed by atoms with Gasteiger partial charge in [-0.25, -0.2) is 9.18 Å². The van der Waals surface area contributed by atoms with Crippen molar-refractivity contribution >= 4 is 17.6 Å². The van der Waals surface area contributed by atoms with E-state index in [9.17, 15) is 14.0 Å². The SMILES string of the molecule is Cc1ccc(NC(=O)Cc2ccc(F)cc2)cc1C(=O)O. The molecule has 0 aliphatic heterocycles. The third-order valence-corrected chi connectivity index (χ3v) is 3.03. The first-order valence-electron chi connectivity index (χ1n) is 6.34. The van der Waals surface area contributed by atoms with E-state index in [1.807, 2.05) is 0 Å². The van der Waals surface area contributed by atoms with Crippen LogP contribution in [0, 0.1) is 12.7 Å². The molecular weight excluding hydrogens is 273 g/mol. The van der Waals surface area contributed by atoms with E-state index in [1.54, 1.807) is 19.1 Å². The third-order valence-electron chi connectivity index (χ3n) is 3.03. The van der Waals surface area contributed by atoms with Gasteiger partial charge in [0.2, 0.25) is 5.91 Å². The highest BCUT2D eigenvalue weighted by Crippen LogP contribution is 2.16. The van der Waals surface area contributed by atoms with Crippen molar-refractivity contribution in [1.82, 2.24) is 0 Å². The monoisotopic (exact) mass is 287 g/mol. The Kier molecular flexibility index (Phi) is 4.33.